The molecule has 0 bridgehead atoms. The molecule has 1 aliphatic rings. The molecule has 0 aromatic heterocycles. The minimum Gasteiger partial charge on any atom is -0.493 e. The number of halogens is 1. The number of benzene rings is 1. The van der Waals surface area contributed by atoms with Crippen molar-refractivity contribution in [3.63, 3.8) is 0 Å². The van der Waals surface area contributed by atoms with Gasteiger partial charge in [-0.05, 0) is 57.9 Å². The fourth-order valence-electron chi connectivity index (χ4n) is 1.74. The highest BCUT2D eigenvalue weighted by molar-refractivity contribution is 9.10. The molecule has 1 saturated heterocycles. The Morgan fingerprint density at radius 3 is 2.71 bits per heavy atom. The van der Waals surface area contributed by atoms with Crippen molar-refractivity contribution < 1.29 is 19.1 Å². The first-order chi connectivity index (χ1) is 10.0. The van der Waals surface area contributed by atoms with Gasteiger partial charge in [0.15, 0.2) is 11.5 Å². The van der Waals surface area contributed by atoms with Gasteiger partial charge in [0.1, 0.15) is 0 Å². The summed E-state index contributed by atoms with van der Waals surface area (Å²) in [5.74, 6) is 0.812. The Labute approximate surface area is 135 Å². The second kappa shape index (κ2) is 7.00. The van der Waals surface area contributed by atoms with Crippen molar-refractivity contribution in [3.8, 4) is 11.5 Å². The molecule has 1 heterocycles. The van der Waals surface area contributed by atoms with Gasteiger partial charge >= 0.3 is 0 Å². The van der Waals surface area contributed by atoms with Gasteiger partial charge in [0, 0.05) is 0 Å². The van der Waals surface area contributed by atoms with E-state index in [9.17, 15) is 9.59 Å². The van der Waals surface area contributed by atoms with Gasteiger partial charge in [-0.25, -0.2) is 0 Å². The molecule has 1 aromatic carbocycles. The molecule has 2 amide bonds. The van der Waals surface area contributed by atoms with E-state index < -0.39 is 0 Å². The van der Waals surface area contributed by atoms with Gasteiger partial charge in [0.25, 0.3) is 11.1 Å². The zero-order chi connectivity index (χ0) is 15.4. The molecule has 0 unspecified atom stereocenters. The van der Waals surface area contributed by atoms with E-state index in [4.69, 9.17) is 9.47 Å². The Morgan fingerprint density at radius 1 is 1.38 bits per heavy atom. The second-order valence-corrected chi connectivity index (χ2v) is 6.10. The molecule has 1 aliphatic heterocycles. The summed E-state index contributed by atoms with van der Waals surface area (Å²) in [4.78, 5) is 23.1. The average molecular weight is 372 g/mol. The fourth-order valence-corrected chi connectivity index (χ4v) is 3.00. The summed E-state index contributed by atoms with van der Waals surface area (Å²) < 4.78 is 11.7. The number of hydrogen-bond acceptors (Lipinski definition) is 5. The minimum atomic E-state index is -0.383. The summed E-state index contributed by atoms with van der Waals surface area (Å²) in [6.45, 7) is 2.61. The molecular formula is C14H14BrNO4S. The predicted molar refractivity (Wildman–Crippen MR) is 85.6 cm³/mol. The van der Waals surface area contributed by atoms with Crippen LogP contribution in [-0.4, -0.2) is 24.9 Å². The highest BCUT2D eigenvalue weighted by Crippen LogP contribution is 2.38. The van der Waals surface area contributed by atoms with Crippen LogP contribution in [0.25, 0.3) is 6.08 Å². The van der Waals surface area contributed by atoms with E-state index in [2.05, 4.69) is 21.2 Å². The Hall–Kier alpha value is -1.47. The van der Waals surface area contributed by atoms with Crippen molar-refractivity contribution in [3.05, 3.63) is 27.1 Å². The third kappa shape index (κ3) is 3.79. The van der Waals surface area contributed by atoms with Crippen LogP contribution in [0.1, 0.15) is 18.9 Å². The van der Waals surface area contributed by atoms with Gasteiger partial charge < -0.3 is 9.47 Å². The zero-order valence-corrected chi connectivity index (χ0v) is 14.0. The topological polar surface area (TPSA) is 64.6 Å². The molecule has 0 atom stereocenters. The van der Waals surface area contributed by atoms with E-state index in [1.54, 1.807) is 19.3 Å². The molecule has 112 valence electrons. The second-order valence-electron chi connectivity index (χ2n) is 4.23. The number of rotatable bonds is 5. The van der Waals surface area contributed by atoms with Crippen LogP contribution >= 0.6 is 27.7 Å². The lowest BCUT2D eigenvalue weighted by Gasteiger charge is -2.13. The molecule has 1 aromatic rings. The van der Waals surface area contributed by atoms with Crippen LogP contribution in [0.2, 0.25) is 0 Å². The molecule has 2 rings (SSSR count). The molecule has 7 heteroatoms. The summed E-state index contributed by atoms with van der Waals surface area (Å²) in [6.07, 6.45) is 2.53. The van der Waals surface area contributed by atoms with Gasteiger partial charge in [-0.2, -0.15) is 0 Å². The molecule has 0 radical (unpaired) electrons. The largest absolute Gasteiger partial charge is 0.493 e. The summed E-state index contributed by atoms with van der Waals surface area (Å²) in [7, 11) is 1.55. The lowest BCUT2D eigenvalue weighted by atomic mass is 10.2. The molecule has 1 fully saturated rings. The maximum absolute atomic E-state index is 11.5. The number of ether oxygens (including phenoxy) is 2. The van der Waals surface area contributed by atoms with E-state index in [0.717, 1.165) is 28.2 Å². The molecule has 0 aliphatic carbocycles. The molecule has 5 nitrogen and oxygen atoms in total. The molecule has 0 saturated carbocycles. The van der Waals surface area contributed by atoms with Crippen molar-refractivity contribution in [2.75, 3.05) is 13.7 Å². The monoisotopic (exact) mass is 371 g/mol. The minimum absolute atomic E-state index is 0.358. The Balaban J connectivity index is 2.34. The number of amides is 2. The first kappa shape index (κ1) is 15.9. The number of hydrogen-bond donors (Lipinski definition) is 1. The van der Waals surface area contributed by atoms with Crippen LogP contribution in [0, 0.1) is 0 Å². The van der Waals surface area contributed by atoms with E-state index in [-0.39, 0.29) is 11.1 Å². The molecular weight excluding hydrogens is 358 g/mol. The van der Waals surface area contributed by atoms with Gasteiger partial charge in [-0.15, -0.1) is 0 Å². The van der Waals surface area contributed by atoms with Crippen LogP contribution in [-0.2, 0) is 4.79 Å². The highest BCUT2D eigenvalue weighted by atomic mass is 79.9. The van der Waals surface area contributed by atoms with Crippen LogP contribution in [0.3, 0.4) is 0 Å². The smallest absolute Gasteiger partial charge is 0.290 e. The summed E-state index contributed by atoms with van der Waals surface area (Å²) in [5, 5.41) is 1.86. The number of imide groups is 1. The van der Waals surface area contributed by atoms with Crippen molar-refractivity contribution in [1.82, 2.24) is 5.32 Å². The van der Waals surface area contributed by atoms with E-state index in [1.165, 1.54) is 0 Å². The van der Waals surface area contributed by atoms with Crippen molar-refractivity contribution in [2.45, 2.75) is 13.3 Å². The fraction of sp³-hybridized carbons (Fsp3) is 0.286. The number of carbonyl (C=O) groups excluding carboxylic acids is 2. The summed E-state index contributed by atoms with van der Waals surface area (Å²) in [6, 6.07) is 3.58. The Morgan fingerprint density at radius 2 is 2.14 bits per heavy atom. The van der Waals surface area contributed by atoms with Crippen molar-refractivity contribution in [2.24, 2.45) is 0 Å². The van der Waals surface area contributed by atoms with Crippen LogP contribution in [0.15, 0.2) is 21.5 Å². The molecule has 0 spiro atoms. The van der Waals surface area contributed by atoms with Crippen LogP contribution in [0.4, 0.5) is 4.79 Å². The quantitative estimate of drug-likeness (QED) is 0.801. The Bertz CT molecular complexity index is 615. The first-order valence-electron chi connectivity index (χ1n) is 6.30. The predicted octanol–water partition coefficient (Wildman–Crippen LogP) is 3.57. The first-order valence-corrected chi connectivity index (χ1v) is 7.91. The van der Waals surface area contributed by atoms with Gasteiger partial charge in [-0.3, -0.25) is 14.9 Å². The standard InChI is InChI=1S/C14H14BrNO4S/c1-3-4-20-12-9(15)5-8(6-10(12)19-2)7-11-13(17)16-14(18)21-11/h5-7H,3-4H2,1-2H3,(H,16,17,18)/b11-7-. The van der Waals surface area contributed by atoms with Crippen molar-refractivity contribution in [1.29, 1.82) is 0 Å². The third-order valence-corrected chi connectivity index (χ3v) is 4.04. The van der Waals surface area contributed by atoms with Gasteiger partial charge in [-0.1, -0.05) is 6.92 Å². The highest BCUT2D eigenvalue weighted by Gasteiger charge is 2.25. The summed E-state index contributed by atoms with van der Waals surface area (Å²) in [5.41, 5.74) is 0.745. The Kier molecular flexibility index (Phi) is 5.30. The van der Waals surface area contributed by atoms with Crippen molar-refractivity contribution >= 4 is 44.9 Å². The molecule has 1 N–H and O–H groups in total. The lowest BCUT2D eigenvalue weighted by molar-refractivity contribution is -0.115. The number of thioether (sulfide) groups is 1. The average Bonchev–Trinajstić information content (AvgIpc) is 2.75. The van der Waals surface area contributed by atoms with Gasteiger partial charge in [0.2, 0.25) is 0 Å². The van der Waals surface area contributed by atoms with E-state index >= 15 is 0 Å². The van der Waals surface area contributed by atoms with E-state index in [0.29, 0.717) is 23.0 Å². The maximum Gasteiger partial charge on any atom is 0.290 e. The van der Waals surface area contributed by atoms with E-state index in [1.807, 2.05) is 13.0 Å². The SMILES string of the molecule is CCCOc1c(Br)cc(/C=C2\SC(=O)NC2=O)cc1OC. The lowest BCUT2D eigenvalue weighted by Crippen LogP contribution is -2.17. The molecule has 21 heavy (non-hydrogen) atoms. The third-order valence-electron chi connectivity index (χ3n) is 2.64. The van der Waals surface area contributed by atoms with Gasteiger partial charge in [0.05, 0.1) is 23.1 Å². The maximum atomic E-state index is 11.5. The number of methoxy groups -OCH3 is 1. The zero-order valence-electron chi connectivity index (χ0n) is 11.6. The van der Waals surface area contributed by atoms with Crippen LogP contribution in [0.5, 0.6) is 11.5 Å². The number of nitrogens with one attached hydrogen (secondary N) is 1. The summed E-state index contributed by atoms with van der Waals surface area (Å²) >= 11 is 4.32. The van der Waals surface area contributed by atoms with Crippen LogP contribution < -0.4 is 14.8 Å². The number of carbonyl (C=O) groups is 2. The normalized spacial score (nSPS) is 16.2.